The summed E-state index contributed by atoms with van der Waals surface area (Å²) in [7, 11) is 0. The average Bonchev–Trinajstić information content (AvgIpc) is 2.83. The zero-order valence-corrected chi connectivity index (χ0v) is 13.0. The number of anilines is 1. The molecule has 0 saturated carbocycles. The molecule has 0 saturated heterocycles. The van der Waals surface area contributed by atoms with Gasteiger partial charge in [-0.2, -0.15) is 0 Å². The van der Waals surface area contributed by atoms with Crippen molar-refractivity contribution in [3.8, 4) is 22.4 Å². The summed E-state index contributed by atoms with van der Waals surface area (Å²) in [5.74, 6) is -0.425. The quantitative estimate of drug-likeness (QED) is 0.682. The van der Waals surface area contributed by atoms with Crippen LogP contribution in [0, 0.1) is 5.82 Å². The Labute approximate surface area is 133 Å². The van der Waals surface area contributed by atoms with Crippen LogP contribution in [0.1, 0.15) is 0 Å². The van der Waals surface area contributed by atoms with Crippen molar-refractivity contribution in [2.75, 3.05) is 5.73 Å². The highest BCUT2D eigenvalue weighted by atomic mass is 79.9. The van der Waals surface area contributed by atoms with Crippen molar-refractivity contribution in [2.24, 2.45) is 0 Å². The maximum atomic E-state index is 14.2. The minimum absolute atomic E-state index is 0.0225. The highest BCUT2D eigenvalue weighted by molar-refractivity contribution is 9.10. The molecule has 0 aliphatic rings. The maximum absolute atomic E-state index is 14.2. The molecule has 2 N–H and O–H groups in total. The van der Waals surface area contributed by atoms with E-state index in [2.05, 4.69) is 21.1 Å². The van der Waals surface area contributed by atoms with Gasteiger partial charge in [0.15, 0.2) is 5.82 Å². The molecule has 2 aromatic carbocycles. The highest BCUT2D eigenvalue weighted by Crippen LogP contribution is 2.39. The SMILES string of the molecule is Nc1onc(-c2cccc(Cl)c2F)c1-c1cccc(Br)c1. The Balaban J connectivity index is 2.24. The molecule has 0 bridgehead atoms. The molecule has 1 aromatic heterocycles. The Bertz CT molecular complexity index is 819. The molecule has 0 fully saturated rings. The third kappa shape index (κ3) is 2.54. The van der Waals surface area contributed by atoms with Gasteiger partial charge in [-0.05, 0) is 29.8 Å². The van der Waals surface area contributed by atoms with Crippen molar-refractivity contribution < 1.29 is 8.91 Å². The topological polar surface area (TPSA) is 52.0 Å². The van der Waals surface area contributed by atoms with Gasteiger partial charge in [-0.25, -0.2) is 4.39 Å². The van der Waals surface area contributed by atoms with Crippen molar-refractivity contribution in [2.45, 2.75) is 0 Å². The molecule has 0 aliphatic carbocycles. The molecule has 0 amide bonds. The van der Waals surface area contributed by atoms with Crippen LogP contribution in [0.4, 0.5) is 10.3 Å². The van der Waals surface area contributed by atoms with Crippen LogP contribution in [0.25, 0.3) is 22.4 Å². The molecular formula is C15H9BrClFN2O. The van der Waals surface area contributed by atoms with Crippen LogP contribution in [-0.4, -0.2) is 5.16 Å². The van der Waals surface area contributed by atoms with E-state index < -0.39 is 5.82 Å². The lowest BCUT2D eigenvalue weighted by molar-refractivity contribution is 0.439. The van der Waals surface area contributed by atoms with Gasteiger partial charge in [0.25, 0.3) is 0 Å². The number of halogens is 3. The van der Waals surface area contributed by atoms with E-state index in [9.17, 15) is 4.39 Å². The summed E-state index contributed by atoms with van der Waals surface area (Å²) in [6.45, 7) is 0. The zero-order chi connectivity index (χ0) is 15.0. The molecule has 0 radical (unpaired) electrons. The molecule has 3 nitrogen and oxygen atoms in total. The first-order valence-electron chi connectivity index (χ1n) is 6.03. The van der Waals surface area contributed by atoms with Crippen LogP contribution >= 0.6 is 27.5 Å². The van der Waals surface area contributed by atoms with E-state index in [1.807, 2.05) is 24.3 Å². The third-order valence-corrected chi connectivity index (χ3v) is 3.82. The van der Waals surface area contributed by atoms with E-state index in [1.54, 1.807) is 12.1 Å². The maximum Gasteiger partial charge on any atom is 0.230 e. The molecule has 106 valence electrons. The van der Waals surface area contributed by atoms with Crippen molar-refractivity contribution in [1.82, 2.24) is 5.16 Å². The number of nitrogens with two attached hydrogens (primary N) is 1. The van der Waals surface area contributed by atoms with Crippen LogP contribution in [0.5, 0.6) is 0 Å². The van der Waals surface area contributed by atoms with Crippen molar-refractivity contribution in [3.05, 3.63) is 57.8 Å². The fraction of sp³-hybridized carbons (Fsp3) is 0. The molecule has 0 aliphatic heterocycles. The van der Waals surface area contributed by atoms with Crippen LogP contribution < -0.4 is 5.73 Å². The van der Waals surface area contributed by atoms with Gasteiger partial charge < -0.3 is 10.3 Å². The van der Waals surface area contributed by atoms with E-state index in [1.165, 1.54) is 6.07 Å². The van der Waals surface area contributed by atoms with E-state index in [-0.39, 0.29) is 16.5 Å². The van der Waals surface area contributed by atoms with E-state index in [4.69, 9.17) is 21.9 Å². The van der Waals surface area contributed by atoms with Crippen molar-refractivity contribution in [3.63, 3.8) is 0 Å². The monoisotopic (exact) mass is 366 g/mol. The first-order valence-corrected chi connectivity index (χ1v) is 7.20. The number of hydrogen-bond acceptors (Lipinski definition) is 3. The van der Waals surface area contributed by atoms with Crippen LogP contribution in [0.2, 0.25) is 5.02 Å². The number of rotatable bonds is 2. The van der Waals surface area contributed by atoms with Gasteiger partial charge in [-0.1, -0.05) is 50.9 Å². The summed E-state index contributed by atoms with van der Waals surface area (Å²) in [5, 5.41) is 3.90. The normalized spacial score (nSPS) is 10.8. The standard InChI is InChI=1S/C15H9BrClFN2O/c16-9-4-1-3-8(7-9)12-14(20-21-15(12)19)10-5-2-6-11(17)13(10)18/h1-7H,19H2. The molecule has 0 spiro atoms. The first kappa shape index (κ1) is 14.1. The lowest BCUT2D eigenvalue weighted by Crippen LogP contribution is -1.90. The summed E-state index contributed by atoms with van der Waals surface area (Å²) >= 11 is 9.21. The lowest BCUT2D eigenvalue weighted by Gasteiger charge is -2.05. The highest BCUT2D eigenvalue weighted by Gasteiger charge is 2.21. The summed E-state index contributed by atoms with van der Waals surface area (Å²) in [4.78, 5) is 0. The second-order valence-corrected chi connectivity index (χ2v) is 5.71. The molecule has 0 atom stereocenters. The number of nitrogens with zero attached hydrogens (tertiary/aromatic N) is 1. The zero-order valence-electron chi connectivity index (χ0n) is 10.6. The van der Waals surface area contributed by atoms with Gasteiger partial charge in [0.1, 0.15) is 5.69 Å². The minimum atomic E-state index is -0.552. The van der Waals surface area contributed by atoms with Gasteiger partial charge in [-0.3, -0.25) is 0 Å². The van der Waals surface area contributed by atoms with Crippen molar-refractivity contribution >= 4 is 33.4 Å². The molecule has 3 rings (SSSR count). The van der Waals surface area contributed by atoms with Gasteiger partial charge in [0.2, 0.25) is 5.88 Å². The number of benzene rings is 2. The second kappa shape index (κ2) is 5.50. The Morgan fingerprint density at radius 2 is 1.95 bits per heavy atom. The smallest absolute Gasteiger partial charge is 0.230 e. The molecule has 1 heterocycles. The third-order valence-electron chi connectivity index (χ3n) is 3.04. The van der Waals surface area contributed by atoms with Gasteiger partial charge in [0.05, 0.1) is 10.6 Å². The Morgan fingerprint density at radius 3 is 2.71 bits per heavy atom. The van der Waals surface area contributed by atoms with Crippen molar-refractivity contribution in [1.29, 1.82) is 0 Å². The first-order chi connectivity index (χ1) is 10.1. The summed E-state index contributed by atoms with van der Waals surface area (Å²) in [6, 6.07) is 12.1. The van der Waals surface area contributed by atoms with Gasteiger partial charge in [0, 0.05) is 10.0 Å². The van der Waals surface area contributed by atoms with E-state index in [0.717, 1.165) is 10.0 Å². The predicted octanol–water partition coefficient (Wildman–Crippen LogP) is 5.15. The summed E-state index contributed by atoms with van der Waals surface area (Å²) < 4.78 is 20.1. The molecular weight excluding hydrogens is 359 g/mol. The van der Waals surface area contributed by atoms with Crippen LogP contribution in [0.3, 0.4) is 0 Å². The second-order valence-electron chi connectivity index (χ2n) is 4.38. The van der Waals surface area contributed by atoms with E-state index in [0.29, 0.717) is 11.3 Å². The number of hydrogen-bond donors (Lipinski definition) is 1. The molecule has 6 heteroatoms. The van der Waals surface area contributed by atoms with Crippen LogP contribution in [-0.2, 0) is 0 Å². The lowest BCUT2D eigenvalue weighted by atomic mass is 10.0. The van der Waals surface area contributed by atoms with Gasteiger partial charge in [-0.15, -0.1) is 0 Å². The molecule has 21 heavy (non-hydrogen) atoms. The summed E-state index contributed by atoms with van der Waals surface area (Å²) in [5.41, 5.74) is 7.74. The predicted molar refractivity (Wildman–Crippen MR) is 84.5 cm³/mol. The summed E-state index contributed by atoms with van der Waals surface area (Å²) in [6.07, 6.45) is 0. The number of aromatic nitrogens is 1. The van der Waals surface area contributed by atoms with Crippen LogP contribution in [0.15, 0.2) is 51.5 Å². The Hall–Kier alpha value is -1.85. The molecule has 0 unspecified atom stereocenters. The van der Waals surface area contributed by atoms with Gasteiger partial charge >= 0.3 is 0 Å². The largest absolute Gasteiger partial charge is 0.367 e. The molecule has 3 aromatic rings. The number of nitrogen functional groups attached to an aromatic ring is 1. The Kier molecular flexibility index (Phi) is 3.69. The average molecular weight is 368 g/mol. The Morgan fingerprint density at radius 1 is 1.19 bits per heavy atom. The fourth-order valence-corrected chi connectivity index (χ4v) is 2.67. The fourth-order valence-electron chi connectivity index (χ4n) is 2.10. The minimum Gasteiger partial charge on any atom is -0.367 e. The van der Waals surface area contributed by atoms with E-state index >= 15 is 0 Å².